The molecule has 7 heteroatoms. The van der Waals surface area contributed by atoms with Crippen molar-refractivity contribution in [1.29, 1.82) is 0 Å². The fourth-order valence-corrected chi connectivity index (χ4v) is 5.31. The van der Waals surface area contributed by atoms with Crippen LogP contribution < -0.4 is 5.56 Å². The van der Waals surface area contributed by atoms with Gasteiger partial charge < -0.3 is 4.90 Å². The lowest BCUT2D eigenvalue weighted by atomic mass is 9.89. The number of ketones is 1. The van der Waals surface area contributed by atoms with Crippen molar-refractivity contribution in [3.8, 4) is 16.9 Å². The summed E-state index contributed by atoms with van der Waals surface area (Å²) < 4.78 is 1.33. The molecule has 0 spiro atoms. The molecule has 0 atom stereocenters. The van der Waals surface area contributed by atoms with Gasteiger partial charge in [-0.15, -0.1) is 0 Å². The smallest absolute Gasteiger partial charge is 0.282 e. The second kappa shape index (κ2) is 13.3. The number of benzene rings is 4. The van der Waals surface area contributed by atoms with Crippen LogP contribution in [0.3, 0.4) is 0 Å². The van der Waals surface area contributed by atoms with E-state index < -0.39 is 17.3 Å². The van der Waals surface area contributed by atoms with Crippen molar-refractivity contribution in [2.45, 2.75) is 25.7 Å². The molecular weight excluding hydrogens is 546 g/mol. The van der Waals surface area contributed by atoms with E-state index in [-0.39, 0.29) is 18.0 Å². The Hall–Kier alpha value is -4.68. The summed E-state index contributed by atoms with van der Waals surface area (Å²) in [5.74, 6) is -1.19. The molecular formula is C35H32ClN3O3. The van der Waals surface area contributed by atoms with Gasteiger partial charge in [0.25, 0.3) is 5.56 Å². The van der Waals surface area contributed by atoms with E-state index in [1.54, 1.807) is 29.2 Å². The van der Waals surface area contributed by atoms with Gasteiger partial charge in [-0.2, -0.15) is 0 Å². The Morgan fingerprint density at radius 2 is 1.43 bits per heavy atom. The first-order chi connectivity index (χ1) is 20.5. The van der Waals surface area contributed by atoms with Gasteiger partial charge in [-0.1, -0.05) is 122 Å². The van der Waals surface area contributed by atoms with Gasteiger partial charge in [-0.05, 0) is 35.7 Å². The summed E-state index contributed by atoms with van der Waals surface area (Å²) in [6, 6.07) is 35.3. The van der Waals surface area contributed by atoms with Crippen molar-refractivity contribution in [2.75, 3.05) is 13.1 Å². The quantitative estimate of drug-likeness (QED) is 0.170. The van der Waals surface area contributed by atoms with Gasteiger partial charge in [0.2, 0.25) is 5.91 Å². The summed E-state index contributed by atoms with van der Waals surface area (Å²) >= 11 is 6.22. The minimum Gasteiger partial charge on any atom is -0.334 e. The van der Waals surface area contributed by atoms with E-state index >= 15 is 0 Å². The normalized spacial score (nSPS) is 11.0. The Labute approximate surface area is 250 Å². The molecule has 0 saturated heterocycles. The number of hydrogen-bond donors (Lipinski definition) is 1. The Balaban J connectivity index is 1.56. The number of rotatable bonds is 11. The fraction of sp³-hybridized carbons (Fsp3) is 0.171. The summed E-state index contributed by atoms with van der Waals surface area (Å²) in [4.78, 5) is 43.8. The molecule has 6 nitrogen and oxygen atoms in total. The molecule has 0 unspecified atom stereocenters. The second-order valence-corrected chi connectivity index (χ2v) is 10.6. The van der Waals surface area contributed by atoms with Crippen LogP contribution in [0, 0.1) is 0 Å². The van der Waals surface area contributed by atoms with Crippen LogP contribution in [-0.2, 0) is 4.79 Å². The molecule has 4 aromatic carbocycles. The van der Waals surface area contributed by atoms with Crippen LogP contribution in [0.1, 0.15) is 47.2 Å². The minimum absolute atomic E-state index is 0.00597. The number of carbonyl (C=O) groups excluding carboxylic acids is 2. The molecule has 0 fully saturated rings. The fourth-order valence-electron chi connectivity index (χ4n) is 5.13. The van der Waals surface area contributed by atoms with E-state index in [0.29, 0.717) is 28.5 Å². The first-order valence-corrected chi connectivity index (χ1v) is 14.4. The highest BCUT2D eigenvalue weighted by Crippen LogP contribution is 2.28. The summed E-state index contributed by atoms with van der Waals surface area (Å²) in [6.45, 7) is 2.21. The number of nitrogens with one attached hydrogen (secondary N) is 1. The van der Waals surface area contributed by atoms with Crippen LogP contribution in [0.5, 0.6) is 0 Å². The third-order valence-electron chi connectivity index (χ3n) is 7.24. The first kappa shape index (κ1) is 28.8. The molecule has 0 saturated carbocycles. The summed E-state index contributed by atoms with van der Waals surface area (Å²) in [5, 5.41) is 3.60. The highest BCUT2D eigenvalue weighted by molar-refractivity contribution is 6.30. The lowest BCUT2D eigenvalue weighted by Crippen LogP contribution is -2.41. The van der Waals surface area contributed by atoms with Crippen LogP contribution in [0.2, 0.25) is 5.02 Å². The number of carbonyl (C=O) groups is 2. The van der Waals surface area contributed by atoms with Crippen LogP contribution in [0.4, 0.5) is 0 Å². The number of unbranched alkanes of at least 4 members (excludes halogenated alkanes) is 1. The van der Waals surface area contributed by atoms with Crippen molar-refractivity contribution < 1.29 is 9.59 Å². The van der Waals surface area contributed by atoms with Gasteiger partial charge in [0, 0.05) is 17.1 Å². The average Bonchev–Trinajstić information content (AvgIpc) is 3.37. The van der Waals surface area contributed by atoms with E-state index in [0.717, 1.165) is 24.0 Å². The van der Waals surface area contributed by atoms with E-state index in [1.807, 2.05) is 97.9 Å². The molecule has 1 heterocycles. The maximum Gasteiger partial charge on any atom is 0.282 e. The molecule has 1 amide bonds. The van der Waals surface area contributed by atoms with Gasteiger partial charge in [0.1, 0.15) is 5.56 Å². The molecule has 5 rings (SSSR count). The Morgan fingerprint density at radius 1 is 0.833 bits per heavy atom. The molecule has 0 radical (unpaired) electrons. The zero-order valence-electron chi connectivity index (χ0n) is 23.4. The zero-order valence-corrected chi connectivity index (χ0v) is 24.1. The summed E-state index contributed by atoms with van der Waals surface area (Å²) in [7, 11) is 0. The molecule has 1 N–H and O–H groups in total. The number of hydrogen-bond acceptors (Lipinski definition) is 3. The standard InChI is InChI=1S/C35H32ClN3O3/c1-2-3-22-38(34(41)31(25-14-7-4-8-15-25)26-16-9-5-10-17-26)24-30(40)32-33(27-18-11-6-12-19-27)37-39(35(32)42)29-21-13-20-28(36)23-29/h4-21,23,31,37H,2-3,22,24H2,1H3. The Bertz CT molecular complexity index is 1670. The topological polar surface area (TPSA) is 75.2 Å². The Morgan fingerprint density at radius 3 is 2.00 bits per heavy atom. The summed E-state index contributed by atoms with van der Waals surface area (Å²) in [6.07, 6.45) is 1.57. The average molecular weight is 578 g/mol. The van der Waals surface area contributed by atoms with Gasteiger partial charge in [-0.3, -0.25) is 19.5 Å². The SMILES string of the molecule is CCCCN(CC(=O)c1c(-c2ccccc2)[nH]n(-c2cccc(Cl)c2)c1=O)C(=O)C(c1ccccc1)c1ccccc1. The van der Waals surface area contributed by atoms with E-state index in [2.05, 4.69) is 5.10 Å². The number of aromatic nitrogens is 2. The lowest BCUT2D eigenvalue weighted by molar-refractivity contribution is -0.131. The predicted octanol–water partition coefficient (Wildman–Crippen LogP) is 7.13. The molecule has 1 aromatic heterocycles. The van der Waals surface area contributed by atoms with E-state index in [4.69, 9.17) is 11.6 Å². The van der Waals surface area contributed by atoms with Crippen molar-refractivity contribution in [3.63, 3.8) is 0 Å². The third kappa shape index (κ3) is 6.29. The van der Waals surface area contributed by atoms with Crippen LogP contribution in [-0.4, -0.2) is 39.5 Å². The van der Waals surface area contributed by atoms with Crippen molar-refractivity contribution in [2.24, 2.45) is 0 Å². The number of Topliss-reactive ketones (excluding diaryl/α,β-unsaturated/α-hetero) is 1. The molecule has 0 bridgehead atoms. The number of aromatic amines is 1. The van der Waals surface area contributed by atoms with Crippen LogP contribution in [0.25, 0.3) is 16.9 Å². The first-order valence-electron chi connectivity index (χ1n) is 14.1. The zero-order chi connectivity index (χ0) is 29.5. The highest BCUT2D eigenvalue weighted by atomic mass is 35.5. The maximum atomic E-state index is 14.3. The molecule has 0 aliphatic heterocycles. The number of halogens is 1. The van der Waals surface area contributed by atoms with E-state index in [1.165, 1.54) is 4.68 Å². The lowest BCUT2D eigenvalue weighted by Gasteiger charge is -2.27. The van der Waals surface area contributed by atoms with Crippen molar-refractivity contribution in [3.05, 3.63) is 147 Å². The predicted molar refractivity (Wildman–Crippen MR) is 167 cm³/mol. The Kier molecular flexibility index (Phi) is 9.15. The van der Waals surface area contributed by atoms with Gasteiger partial charge in [0.05, 0.1) is 23.8 Å². The monoisotopic (exact) mass is 577 g/mol. The van der Waals surface area contributed by atoms with Crippen LogP contribution >= 0.6 is 11.6 Å². The molecule has 0 aliphatic carbocycles. The highest BCUT2D eigenvalue weighted by Gasteiger charge is 2.31. The second-order valence-electron chi connectivity index (χ2n) is 10.1. The molecule has 212 valence electrons. The summed E-state index contributed by atoms with van der Waals surface area (Å²) in [5.41, 5.74) is 2.80. The van der Waals surface area contributed by atoms with Crippen molar-refractivity contribution in [1.82, 2.24) is 14.7 Å². The number of nitrogens with zero attached hydrogens (tertiary/aromatic N) is 2. The minimum atomic E-state index is -0.583. The largest absolute Gasteiger partial charge is 0.334 e. The molecule has 5 aromatic rings. The molecule has 0 aliphatic rings. The van der Waals surface area contributed by atoms with Gasteiger partial charge >= 0.3 is 0 Å². The van der Waals surface area contributed by atoms with Gasteiger partial charge in [0.15, 0.2) is 5.78 Å². The maximum absolute atomic E-state index is 14.3. The van der Waals surface area contributed by atoms with Crippen LogP contribution in [0.15, 0.2) is 120 Å². The number of H-pyrrole nitrogens is 1. The van der Waals surface area contributed by atoms with Crippen molar-refractivity contribution >= 4 is 23.3 Å². The van der Waals surface area contributed by atoms with E-state index in [9.17, 15) is 14.4 Å². The number of amides is 1. The third-order valence-corrected chi connectivity index (χ3v) is 7.47. The molecule has 42 heavy (non-hydrogen) atoms. The van der Waals surface area contributed by atoms with Gasteiger partial charge in [-0.25, -0.2) is 4.68 Å².